The maximum absolute atomic E-state index is 13.4. The molecule has 0 N–H and O–H groups in total. The maximum atomic E-state index is 13.4. The van der Waals surface area contributed by atoms with Gasteiger partial charge in [0.25, 0.3) is 0 Å². The minimum absolute atomic E-state index is 0.0274. The number of aromatic nitrogens is 1. The van der Waals surface area contributed by atoms with Crippen molar-refractivity contribution in [3.8, 4) is 0 Å². The lowest BCUT2D eigenvalue weighted by Crippen LogP contribution is -2.40. The summed E-state index contributed by atoms with van der Waals surface area (Å²) in [4.78, 5) is 19.9. The zero-order chi connectivity index (χ0) is 20.6. The van der Waals surface area contributed by atoms with Crippen LogP contribution in [0.25, 0.3) is 21.0 Å². The molecular formula is C25H24N2OS. The first-order chi connectivity index (χ1) is 13.9. The van der Waals surface area contributed by atoms with Crippen LogP contribution < -0.4 is 0 Å². The minimum Gasteiger partial charge on any atom is -0.348 e. The van der Waals surface area contributed by atoms with Crippen LogP contribution >= 0.6 is 11.3 Å². The first-order valence-corrected chi connectivity index (χ1v) is 10.4. The van der Waals surface area contributed by atoms with Crippen LogP contribution in [0.2, 0.25) is 0 Å². The van der Waals surface area contributed by atoms with Gasteiger partial charge in [0.2, 0.25) is 5.91 Å². The summed E-state index contributed by atoms with van der Waals surface area (Å²) in [5.74, 6) is -0.423. The average molecular weight is 401 g/mol. The van der Waals surface area contributed by atoms with Gasteiger partial charge in [-0.05, 0) is 28.5 Å². The van der Waals surface area contributed by atoms with Crippen molar-refractivity contribution < 1.29 is 4.79 Å². The van der Waals surface area contributed by atoms with E-state index in [0.29, 0.717) is 0 Å². The lowest BCUT2D eigenvalue weighted by Gasteiger charge is -2.35. The molecular weight excluding hydrogens is 376 g/mol. The lowest BCUT2D eigenvalue weighted by atomic mass is 9.71. The number of nitrogens with zero attached hydrogens (tertiary/aromatic N) is 2. The van der Waals surface area contributed by atoms with E-state index in [4.69, 9.17) is 4.98 Å². The molecule has 3 aromatic carbocycles. The van der Waals surface area contributed by atoms with Crippen molar-refractivity contribution in [3.63, 3.8) is 0 Å². The molecule has 0 unspecified atom stereocenters. The Balaban J connectivity index is 1.92. The number of likely N-dealkylation sites (N-methyl/N-ethyl adjacent to an activating group) is 1. The predicted octanol–water partition coefficient (Wildman–Crippen LogP) is 5.77. The molecule has 1 heterocycles. The molecule has 0 saturated heterocycles. The zero-order valence-electron chi connectivity index (χ0n) is 16.9. The van der Waals surface area contributed by atoms with Crippen LogP contribution in [-0.2, 0) is 10.2 Å². The first kappa shape index (κ1) is 19.3. The molecule has 4 aromatic rings. The molecule has 0 saturated carbocycles. The molecule has 4 heteroatoms. The molecule has 0 aliphatic carbocycles. The predicted molar refractivity (Wildman–Crippen MR) is 123 cm³/mol. The van der Waals surface area contributed by atoms with Gasteiger partial charge in [-0.3, -0.25) is 4.79 Å². The smallest absolute Gasteiger partial charge is 0.233 e. The third-order valence-corrected chi connectivity index (χ3v) is 6.74. The van der Waals surface area contributed by atoms with Crippen LogP contribution in [-0.4, -0.2) is 29.9 Å². The minimum atomic E-state index is -0.598. The highest BCUT2D eigenvalue weighted by Crippen LogP contribution is 2.44. The highest BCUT2D eigenvalue weighted by molar-refractivity contribution is 7.18. The number of benzene rings is 3. The van der Waals surface area contributed by atoms with Crippen molar-refractivity contribution >= 4 is 38.2 Å². The summed E-state index contributed by atoms with van der Waals surface area (Å²) in [7, 11) is 3.60. The summed E-state index contributed by atoms with van der Waals surface area (Å²) in [6, 6.07) is 22.7. The molecule has 0 bridgehead atoms. The molecule has 0 radical (unpaired) electrons. The third-order valence-electron chi connectivity index (χ3n) is 5.64. The van der Waals surface area contributed by atoms with Crippen LogP contribution in [0.1, 0.15) is 23.4 Å². The number of hydrogen-bond acceptors (Lipinski definition) is 3. The highest BCUT2D eigenvalue weighted by atomic mass is 32.1. The molecule has 1 aromatic heterocycles. The van der Waals surface area contributed by atoms with Gasteiger partial charge in [-0.1, -0.05) is 67.6 Å². The van der Waals surface area contributed by atoms with E-state index in [1.165, 1.54) is 5.39 Å². The maximum Gasteiger partial charge on any atom is 0.233 e. The van der Waals surface area contributed by atoms with E-state index in [0.717, 1.165) is 26.2 Å². The van der Waals surface area contributed by atoms with Crippen LogP contribution in [0.5, 0.6) is 0 Å². The number of allylic oxidation sites excluding steroid dienone is 1. The highest BCUT2D eigenvalue weighted by Gasteiger charge is 2.42. The Morgan fingerprint density at radius 3 is 2.45 bits per heavy atom. The monoisotopic (exact) mass is 400 g/mol. The fraction of sp³-hybridized carbons (Fsp3) is 0.200. The van der Waals surface area contributed by atoms with Crippen molar-refractivity contribution in [2.45, 2.75) is 18.3 Å². The molecule has 4 rings (SSSR count). The Labute approximate surface area is 175 Å². The summed E-state index contributed by atoms with van der Waals surface area (Å²) in [5.41, 5.74) is 1.39. The van der Waals surface area contributed by atoms with Gasteiger partial charge in [0.05, 0.1) is 10.2 Å². The topological polar surface area (TPSA) is 33.2 Å². The molecule has 0 aliphatic heterocycles. The van der Waals surface area contributed by atoms with Gasteiger partial charge in [-0.2, -0.15) is 0 Å². The van der Waals surface area contributed by atoms with Crippen LogP contribution in [0.4, 0.5) is 0 Å². The second-order valence-corrected chi connectivity index (χ2v) is 8.80. The normalized spacial score (nSPS) is 14.4. The van der Waals surface area contributed by atoms with E-state index in [-0.39, 0.29) is 5.91 Å². The fourth-order valence-corrected chi connectivity index (χ4v) is 5.01. The molecule has 0 fully saturated rings. The van der Waals surface area contributed by atoms with E-state index in [1.807, 2.05) is 36.4 Å². The standard InChI is InChI=1S/C25H24N2OS/c1-5-25(2,19-15-14-17-10-6-7-11-18(17)16-19)22(24(28)27(3)4)23-26-20-12-8-9-13-21(20)29-23/h5-16,22H,1H2,2-4H3/t22-,25+/m1/s1. The van der Waals surface area contributed by atoms with Gasteiger partial charge >= 0.3 is 0 Å². The summed E-state index contributed by atoms with van der Waals surface area (Å²) < 4.78 is 1.09. The van der Waals surface area contributed by atoms with Crippen LogP contribution in [0.15, 0.2) is 79.4 Å². The fourth-order valence-electron chi connectivity index (χ4n) is 3.82. The SMILES string of the molecule is C=C[C@@](C)(c1ccc2ccccc2c1)[C@@H](C(=O)N(C)C)c1nc2ccccc2s1. The molecule has 146 valence electrons. The van der Waals surface area contributed by atoms with E-state index >= 15 is 0 Å². The quantitative estimate of drug-likeness (QED) is 0.399. The number of hydrogen-bond donors (Lipinski definition) is 0. The van der Waals surface area contributed by atoms with Gasteiger partial charge < -0.3 is 4.90 Å². The molecule has 0 aliphatic rings. The average Bonchev–Trinajstić information content (AvgIpc) is 3.16. The Morgan fingerprint density at radius 2 is 1.76 bits per heavy atom. The van der Waals surface area contributed by atoms with Crippen molar-refractivity contribution in [2.24, 2.45) is 0 Å². The summed E-state index contributed by atoms with van der Waals surface area (Å²) in [6.07, 6.45) is 1.90. The number of para-hydroxylation sites is 1. The number of thiazole rings is 1. The van der Waals surface area contributed by atoms with E-state index < -0.39 is 11.3 Å². The number of amides is 1. The summed E-state index contributed by atoms with van der Waals surface area (Å²) in [5, 5.41) is 3.15. The van der Waals surface area contributed by atoms with Crippen molar-refractivity contribution in [2.75, 3.05) is 14.1 Å². The van der Waals surface area contributed by atoms with Crippen molar-refractivity contribution in [1.82, 2.24) is 9.88 Å². The second-order valence-electron chi connectivity index (χ2n) is 7.73. The first-order valence-electron chi connectivity index (χ1n) is 9.63. The number of carbonyl (C=O) groups is 1. The van der Waals surface area contributed by atoms with Crippen LogP contribution in [0.3, 0.4) is 0 Å². The molecule has 29 heavy (non-hydrogen) atoms. The van der Waals surface area contributed by atoms with E-state index in [1.54, 1.807) is 30.3 Å². The molecule has 0 spiro atoms. The van der Waals surface area contributed by atoms with Gasteiger partial charge in [0.15, 0.2) is 0 Å². The van der Waals surface area contributed by atoms with Crippen molar-refractivity contribution in [3.05, 3.63) is 90.0 Å². The molecule has 1 amide bonds. The largest absolute Gasteiger partial charge is 0.348 e. The molecule has 2 atom stereocenters. The van der Waals surface area contributed by atoms with Gasteiger partial charge in [0.1, 0.15) is 10.9 Å². The second kappa shape index (κ2) is 7.45. The summed E-state index contributed by atoms with van der Waals surface area (Å²) >= 11 is 1.59. The third kappa shape index (κ3) is 3.34. The Hall–Kier alpha value is -2.98. The summed E-state index contributed by atoms with van der Waals surface area (Å²) in [6.45, 7) is 6.22. The van der Waals surface area contributed by atoms with Crippen molar-refractivity contribution in [1.29, 1.82) is 0 Å². The number of rotatable bonds is 5. The van der Waals surface area contributed by atoms with E-state index in [2.05, 4.69) is 49.9 Å². The van der Waals surface area contributed by atoms with E-state index in [9.17, 15) is 4.79 Å². The lowest BCUT2D eigenvalue weighted by molar-refractivity contribution is -0.131. The van der Waals surface area contributed by atoms with Gasteiger partial charge in [-0.15, -0.1) is 17.9 Å². The van der Waals surface area contributed by atoms with Crippen LogP contribution in [0, 0.1) is 0 Å². The Bertz CT molecular complexity index is 1180. The Morgan fingerprint density at radius 1 is 1.07 bits per heavy atom. The van der Waals surface area contributed by atoms with Gasteiger partial charge in [-0.25, -0.2) is 4.98 Å². The zero-order valence-corrected chi connectivity index (χ0v) is 17.7. The molecule has 3 nitrogen and oxygen atoms in total. The number of carbonyl (C=O) groups excluding carboxylic acids is 1. The number of fused-ring (bicyclic) bond motifs is 2. The van der Waals surface area contributed by atoms with Gasteiger partial charge in [0, 0.05) is 19.5 Å². The Kier molecular flexibility index (Phi) is 4.97.